The van der Waals surface area contributed by atoms with Crippen LogP contribution in [0, 0.1) is 0 Å². The van der Waals surface area contributed by atoms with Gasteiger partial charge in [-0.15, -0.1) is 0 Å². The normalized spacial score (nSPS) is 24.8. The Morgan fingerprint density at radius 1 is 0.829 bits per heavy atom. The van der Waals surface area contributed by atoms with Crippen LogP contribution in [0.25, 0.3) is 27.6 Å². The molecule has 0 amide bonds. The molecule has 2 unspecified atom stereocenters. The van der Waals surface area contributed by atoms with Crippen LogP contribution in [0.5, 0.6) is 0 Å². The van der Waals surface area contributed by atoms with Crippen molar-refractivity contribution < 1.29 is 4.42 Å². The van der Waals surface area contributed by atoms with Crippen molar-refractivity contribution in [3.05, 3.63) is 126 Å². The number of nitrogens with zero attached hydrogens (tertiary/aromatic N) is 2. The average Bonchev–Trinajstić information content (AvgIpc) is 3.40. The quantitative estimate of drug-likeness (QED) is 0.311. The Hall–Kier alpha value is -3.98. The van der Waals surface area contributed by atoms with E-state index in [9.17, 15) is 0 Å². The summed E-state index contributed by atoms with van der Waals surface area (Å²) in [5, 5.41) is 2.37. The van der Waals surface area contributed by atoms with Gasteiger partial charge in [-0.05, 0) is 43.2 Å². The van der Waals surface area contributed by atoms with E-state index in [4.69, 9.17) is 4.42 Å². The molecule has 0 N–H and O–H groups in total. The fourth-order valence-corrected chi connectivity index (χ4v) is 6.30. The van der Waals surface area contributed by atoms with Crippen LogP contribution in [-0.2, 0) is 5.54 Å². The van der Waals surface area contributed by atoms with Gasteiger partial charge in [-0.25, -0.2) is 0 Å². The van der Waals surface area contributed by atoms with E-state index in [1.165, 1.54) is 38.7 Å². The van der Waals surface area contributed by atoms with Crippen molar-refractivity contribution in [1.82, 2.24) is 9.80 Å². The summed E-state index contributed by atoms with van der Waals surface area (Å²) < 4.78 is 6.54. The summed E-state index contributed by atoms with van der Waals surface area (Å²) in [6, 6.07) is 22.3. The molecular formula is C32H28N2O. The first kappa shape index (κ1) is 20.4. The molecule has 3 aliphatic heterocycles. The number of benzene rings is 3. The van der Waals surface area contributed by atoms with E-state index < -0.39 is 0 Å². The van der Waals surface area contributed by atoms with Crippen LogP contribution in [0.3, 0.4) is 0 Å². The van der Waals surface area contributed by atoms with Crippen molar-refractivity contribution >= 4 is 27.6 Å². The van der Waals surface area contributed by atoms with Gasteiger partial charge < -0.3 is 14.2 Å². The summed E-state index contributed by atoms with van der Waals surface area (Å²) in [5.74, 6) is 0. The molecule has 172 valence electrons. The van der Waals surface area contributed by atoms with Gasteiger partial charge in [-0.2, -0.15) is 0 Å². The van der Waals surface area contributed by atoms with Crippen LogP contribution in [0.4, 0.5) is 0 Å². The first-order valence-electron chi connectivity index (χ1n) is 12.4. The van der Waals surface area contributed by atoms with Gasteiger partial charge in [0.1, 0.15) is 11.2 Å². The number of furan rings is 1. The van der Waals surface area contributed by atoms with Gasteiger partial charge in [0.2, 0.25) is 0 Å². The number of hydrogen-bond acceptors (Lipinski definition) is 3. The molecule has 7 rings (SSSR count). The molecule has 0 saturated carbocycles. The minimum absolute atomic E-state index is 0.120. The predicted octanol–water partition coefficient (Wildman–Crippen LogP) is 7.52. The zero-order chi connectivity index (χ0) is 23.7. The van der Waals surface area contributed by atoms with Crippen molar-refractivity contribution in [3.63, 3.8) is 0 Å². The first-order chi connectivity index (χ1) is 17.1. The van der Waals surface area contributed by atoms with Crippen LogP contribution in [-0.4, -0.2) is 22.9 Å². The number of hydrogen-bond donors (Lipinski definition) is 0. The van der Waals surface area contributed by atoms with Gasteiger partial charge in [0.05, 0.1) is 11.6 Å². The summed E-state index contributed by atoms with van der Waals surface area (Å²) in [7, 11) is 2.19. The van der Waals surface area contributed by atoms with Crippen molar-refractivity contribution in [3.8, 4) is 0 Å². The molecule has 1 aromatic heterocycles. The van der Waals surface area contributed by atoms with Crippen LogP contribution in [0.1, 0.15) is 42.1 Å². The first-order valence-corrected chi connectivity index (χ1v) is 12.4. The molecule has 3 aromatic carbocycles. The Labute approximate surface area is 205 Å². The minimum atomic E-state index is -0.350. The Morgan fingerprint density at radius 3 is 2.57 bits per heavy atom. The van der Waals surface area contributed by atoms with E-state index in [1.54, 1.807) is 0 Å². The van der Waals surface area contributed by atoms with E-state index in [2.05, 4.69) is 128 Å². The van der Waals surface area contributed by atoms with Crippen LogP contribution in [0.15, 0.2) is 108 Å². The SMILES string of the molecule is CC1C=CC=C(c2ccccc2[C@]2(C)c3ccc4c(oc5ccccc54)c3C3C=CC=CN32)N1C. The van der Waals surface area contributed by atoms with Crippen molar-refractivity contribution in [1.29, 1.82) is 0 Å². The molecule has 35 heavy (non-hydrogen) atoms. The Morgan fingerprint density at radius 2 is 1.66 bits per heavy atom. The maximum absolute atomic E-state index is 6.54. The molecule has 3 atom stereocenters. The number of rotatable bonds is 2. The van der Waals surface area contributed by atoms with E-state index in [0.717, 1.165) is 11.2 Å². The summed E-state index contributed by atoms with van der Waals surface area (Å²) in [4.78, 5) is 4.87. The zero-order valence-electron chi connectivity index (χ0n) is 20.3. The maximum atomic E-state index is 6.54. The van der Waals surface area contributed by atoms with Gasteiger partial charge in [-0.3, -0.25) is 0 Å². The van der Waals surface area contributed by atoms with E-state index in [-0.39, 0.29) is 11.6 Å². The molecule has 4 heterocycles. The second-order valence-electron chi connectivity index (χ2n) is 9.99. The standard InChI is InChI=1S/C32H28N2O/c1-21-11-10-16-27(33(21)3)24-13-4-6-14-25(24)32(2)26-19-18-23-22-12-5-7-17-29(22)35-31(23)30(26)28-15-8-9-20-34(28)32/h4-21,28H,1-3H3/t21?,28?,32-/m1/s1. The lowest BCUT2D eigenvalue weighted by Crippen LogP contribution is -2.39. The Balaban J connectivity index is 1.52. The summed E-state index contributed by atoms with van der Waals surface area (Å²) in [5.41, 5.74) is 8.01. The lowest BCUT2D eigenvalue weighted by molar-refractivity contribution is 0.205. The fraction of sp³-hybridized carbons (Fsp3) is 0.188. The largest absolute Gasteiger partial charge is 0.456 e. The van der Waals surface area contributed by atoms with Crippen molar-refractivity contribution in [2.45, 2.75) is 31.5 Å². The van der Waals surface area contributed by atoms with Gasteiger partial charge >= 0.3 is 0 Å². The number of fused-ring (bicyclic) bond motifs is 7. The molecule has 0 saturated heterocycles. The summed E-state index contributed by atoms with van der Waals surface area (Å²) in [6.45, 7) is 4.61. The number of likely N-dealkylation sites (N-methyl/N-ethyl adjacent to an activating group) is 1. The third-order valence-corrected chi connectivity index (χ3v) is 8.23. The Bertz CT molecular complexity index is 1620. The molecule has 0 fully saturated rings. The Kier molecular flexibility index (Phi) is 4.23. The van der Waals surface area contributed by atoms with Gasteiger partial charge in [0.15, 0.2) is 0 Å². The molecule has 0 spiro atoms. The van der Waals surface area contributed by atoms with Crippen LogP contribution in [0.2, 0.25) is 0 Å². The molecule has 0 bridgehead atoms. The van der Waals surface area contributed by atoms with E-state index in [0.29, 0.717) is 6.04 Å². The lowest BCUT2D eigenvalue weighted by atomic mass is 9.80. The highest BCUT2D eigenvalue weighted by Crippen LogP contribution is 2.55. The molecule has 0 radical (unpaired) electrons. The van der Waals surface area contributed by atoms with Crippen molar-refractivity contribution in [2.24, 2.45) is 0 Å². The highest BCUT2D eigenvalue weighted by molar-refractivity contribution is 6.06. The van der Waals surface area contributed by atoms with Crippen molar-refractivity contribution in [2.75, 3.05) is 7.05 Å². The highest BCUT2D eigenvalue weighted by atomic mass is 16.3. The predicted molar refractivity (Wildman–Crippen MR) is 144 cm³/mol. The minimum Gasteiger partial charge on any atom is -0.456 e. The maximum Gasteiger partial charge on any atom is 0.141 e. The molecule has 3 nitrogen and oxygen atoms in total. The van der Waals surface area contributed by atoms with Gasteiger partial charge in [-0.1, -0.05) is 78.9 Å². The number of para-hydroxylation sites is 1. The molecule has 4 aromatic rings. The molecular weight excluding hydrogens is 428 g/mol. The highest BCUT2D eigenvalue weighted by Gasteiger charge is 2.49. The zero-order valence-corrected chi connectivity index (χ0v) is 20.3. The third-order valence-electron chi connectivity index (χ3n) is 8.23. The second kappa shape index (κ2) is 7.26. The summed E-state index contributed by atoms with van der Waals surface area (Å²) in [6.07, 6.45) is 15.5. The van der Waals surface area contributed by atoms with Gasteiger partial charge in [0, 0.05) is 46.9 Å². The van der Waals surface area contributed by atoms with E-state index in [1.807, 2.05) is 6.07 Å². The van der Waals surface area contributed by atoms with Gasteiger partial charge in [0.25, 0.3) is 0 Å². The summed E-state index contributed by atoms with van der Waals surface area (Å²) >= 11 is 0. The molecule has 3 aliphatic rings. The van der Waals surface area contributed by atoms with Crippen LogP contribution >= 0.6 is 0 Å². The lowest BCUT2D eigenvalue weighted by Gasteiger charge is -2.41. The monoisotopic (exact) mass is 456 g/mol. The smallest absolute Gasteiger partial charge is 0.141 e. The topological polar surface area (TPSA) is 19.6 Å². The molecule has 0 aliphatic carbocycles. The number of allylic oxidation sites excluding steroid dienone is 4. The van der Waals surface area contributed by atoms with Crippen LogP contribution < -0.4 is 0 Å². The average molecular weight is 457 g/mol. The second-order valence-corrected chi connectivity index (χ2v) is 9.99. The third kappa shape index (κ3) is 2.67. The van der Waals surface area contributed by atoms with E-state index >= 15 is 0 Å². The molecule has 3 heteroatoms. The fourth-order valence-electron chi connectivity index (χ4n) is 6.30.